The fourth-order valence-electron chi connectivity index (χ4n) is 2.72. The van der Waals surface area contributed by atoms with Crippen LogP contribution >= 0.6 is 11.8 Å². The molecule has 2 amide bonds. The van der Waals surface area contributed by atoms with Gasteiger partial charge < -0.3 is 10.6 Å². The minimum absolute atomic E-state index is 0.00645. The lowest BCUT2D eigenvalue weighted by molar-refractivity contribution is -0.126. The zero-order valence-electron chi connectivity index (χ0n) is 16.0. The number of rotatable bonds is 9. The Bertz CT molecular complexity index is 758. The van der Waals surface area contributed by atoms with Crippen LogP contribution in [0.4, 0.5) is 0 Å². The van der Waals surface area contributed by atoms with Crippen molar-refractivity contribution in [3.8, 4) is 0 Å². The van der Waals surface area contributed by atoms with Crippen molar-refractivity contribution in [1.82, 2.24) is 20.6 Å². The van der Waals surface area contributed by atoms with Crippen molar-refractivity contribution in [2.45, 2.75) is 38.3 Å². The Morgan fingerprint density at radius 1 is 0.963 bits per heavy atom. The average Bonchev–Trinajstić information content (AvgIpc) is 2.66. The van der Waals surface area contributed by atoms with Crippen molar-refractivity contribution in [2.24, 2.45) is 0 Å². The SMILES string of the molecule is CSc1nc(C)c(CCC(=O)NCC(=O)NCCc2ccccc2)c(C)n1. The van der Waals surface area contributed by atoms with Gasteiger partial charge >= 0.3 is 0 Å². The highest BCUT2D eigenvalue weighted by Gasteiger charge is 2.11. The molecule has 0 saturated heterocycles. The van der Waals surface area contributed by atoms with Crippen molar-refractivity contribution in [2.75, 3.05) is 19.3 Å². The lowest BCUT2D eigenvalue weighted by atomic mass is 10.1. The van der Waals surface area contributed by atoms with Crippen molar-refractivity contribution >= 4 is 23.6 Å². The van der Waals surface area contributed by atoms with E-state index in [1.54, 1.807) is 0 Å². The van der Waals surface area contributed by atoms with Crippen LogP contribution in [-0.4, -0.2) is 41.1 Å². The molecule has 0 radical (unpaired) electrons. The molecule has 0 atom stereocenters. The molecule has 2 rings (SSSR count). The van der Waals surface area contributed by atoms with Crippen LogP contribution < -0.4 is 10.6 Å². The molecule has 0 aliphatic heterocycles. The van der Waals surface area contributed by atoms with Crippen LogP contribution in [0.25, 0.3) is 0 Å². The minimum atomic E-state index is -0.181. The van der Waals surface area contributed by atoms with Gasteiger partial charge in [0, 0.05) is 24.4 Å². The normalized spacial score (nSPS) is 10.5. The van der Waals surface area contributed by atoms with Gasteiger partial charge in [0.1, 0.15) is 0 Å². The third-order valence-corrected chi connectivity index (χ3v) is 4.76. The maximum atomic E-state index is 12.0. The maximum Gasteiger partial charge on any atom is 0.239 e. The molecule has 0 aliphatic rings. The summed E-state index contributed by atoms with van der Waals surface area (Å²) in [5, 5.41) is 6.22. The van der Waals surface area contributed by atoms with Gasteiger partial charge in [-0.05, 0) is 44.1 Å². The highest BCUT2D eigenvalue weighted by molar-refractivity contribution is 7.98. The summed E-state index contributed by atoms with van der Waals surface area (Å²) >= 11 is 1.50. The standard InChI is InChI=1S/C20H26N4O2S/c1-14-17(15(2)24-20(23-14)27-3)9-10-18(25)22-13-19(26)21-12-11-16-7-5-4-6-8-16/h4-8H,9-13H2,1-3H3,(H,21,26)(H,22,25). The second kappa shape index (κ2) is 10.7. The first kappa shape index (κ1) is 20.9. The van der Waals surface area contributed by atoms with Gasteiger partial charge in [0.2, 0.25) is 11.8 Å². The topological polar surface area (TPSA) is 84.0 Å². The highest BCUT2D eigenvalue weighted by Crippen LogP contribution is 2.16. The summed E-state index contributed by atoms with van der Waals surface area (Å²) in [6.07, 6.45) is 3.58. The minimum Gasteiger partial charge on any atom is -0.354 e. The quantitative estimate of drug-likeness (QED) is 0.510. The van der Waals surface area contributed by atoms with Crippen molar-refractivity contribution in [3.63, 3.8) is 0 Å². The first-order valence-electron chi connectivity index (χ1n) is 8.95. The number of hydrogen-bond acceptors (Lipinski definition) is 5. The Morgan fingerprint density at radius 3 is 2.26 bits per heavy atom. The van der Waals surface area contributed by atoms with E-state index in [9.17, 15) is 9.59 Å². The molecule has 0 unspecified atom stereocenters. The number of carbonyl (C=O) groups excluding carboxylic acids is 2. The van der Waals surface area contributed by atoms with E-state index in [2.05, 4.69) is 20.6 Å². The van der Waals surface area contributed by atoms with Crippen LogP contribution in [0, 0.1) is 13.8 Å². The molecule has 7 heteroatoms. The second-order valence-electron chi connectivity index (χ2n) is 6.22. The third-order valence-electron chi connectivity index (χ3n) is 4.21. The Morgan fingerprint density at radius 2 is 1.63 bits per heavy atom. The smallest absolute Gasteiger partial charge is 0.239 e. The molecule has 2 N–H and O–H groups in total. The Hall–Kier alpha value is -2.41. The predicted octanol–water partition coefficient (Wildman–Crippen LogP) is 2.22. The van der Waals surface area contributed by atoms with Gasteiger partial charge in [-0.25, -0.2) is 9.97 Å². The number of nitrogens with one attached hydrogen (secondary N) is 2. The molecule has 2 aromatic rings. The first-order chi connectivity index (χ1) is 13.0. The molecule has 0 spiro atoms. The predicted molar refractivity (Wildman–Crippen MR) is 108 cm³/mol. The average molecular weight is 387 g/mol. The van der Waals surface area contributed by atoms with Crippen LogP contribution in [0.15, 0.2) is 35.5 Å². The molecule has 0 aliphatic carbocycles. The summed E-state index contributed by atoms with van der Waals surface area (Å²) in [5.41, 5.74) is 3.97. The summed E-state index contributed by atoms with van der Waals surface area (Å²) in [7, 11) is 0. The zero-order valence-corrected chi connectivity index (χ0v) is 16.9. The number of hydrogen-bond donors (Lipinski definition) is 2. The lowest BCUT2D eigenvalue weighted by Crippen LogP contribution is -2.37. The van der Waals surface area contributed by atoms with Gasteiger partial charge in [-0.15, -0.1) is 0 Å². The fourth-order valence-corrected chi connectivity index (χ4v) is 3.18. The van der Waals surface area contributed by atoms with Crippen LogP contribution in [0.3, 0.4) is 0 Å². The van der Waals surface area contributed by atoms with Gasteiger partial charge in [-0.1, -0.05) is 42.1 Å². The van der Waals surface area contributed by atoms with E-state index >= 15 is 0 Å². The molecule has 1 aromatic heterocycles. The summed E-state index contributed by atoms with van der Waals surface area (Å²) in [5.74, 6) is -0.333. The van der Waals surface area contributed by atoms with Gasteiger partial charge in [-0.2, -0.15) is 0 Å². The van der Waals surface area contributed by atoms with Gasteiger partial charge in [0.25, 0.3) is 0 Å². The molecule has 27 heavy (non-hydrogen) atoms. The van der Waals surface area contributed by atoms with E-state index in [-0.39, 0.29) is 18.4 Å². The number of amides is 2. The van der Waals surface area contributed by atoms with E-state index in [0.29, 0.717) is 19.4 Å². The van der Waals surface area contributed by atoms with E-state index in [1.165, 1.54) is 17.3 Å². The summed E-state index contributed by atoms with van der Waals surface area (Å²) in [6, 6.07) is 9.95. The van der Waals surface area contributed by atoms with Crippen LogP contribution in [-0.2, 0) is 22.4 Å². The molecule has 6 nitrogen and oxygen atoms in total. The zero-order chi connectivity index (χ0) is 19.6. The van der Waals surface area contributed by atoms with E-state index in [1.807, 2.05) is 50.4 Å². The molecule has 1 heterocycles. The monoisotopic (exact) mass is 386 g/mol. The van der Waals surface area contributed by atoms with Crippen LogP contribution in [0.5, 0.6) is 0 Å². The van der Waals surface area contributed by atoms with Gasteiger partial charge in [0.15, 0.2) is 5.16 Å². The van der Waals surface area contributed by atoms with Crippen LogP contribution in [0.1, 0.15) is 28.9 Å². The Kier molecular flexibility index (Phi) is 8.26. The van der Waals surface area contributed by atoms with Crippen molar-refractivity contribution in [1.29, 1.82) is 0 Å². The highest BCUT2D eigenvalue weighted by atomic mass is 32.2. The summed E-state index contributed by atoms with van der Waals surface area (Å²) in [6.45, 7) is 4.41. The number of aryl methyl sites for hydroxylation is 2. The van der Waals surface area contributed by atoms with Crippen LogP contribution in [0.2, 0.25) is 0 Å². The number of nitrogens with zero attached hydrogens (tertiary/aromatic N) is 2. The second-order valence-corrected chi connectivity index (χ2v) is 7.00. The summed E-state index contributed by atoms with van der Waals surface area (Å²) in [4.78, 5) is 32.7. The number of thioether (sulfide) groups is 1. The van der Waals surface area contributed by atoms with E-state index in [4.69, 9.17) is 0 Å². The lowest BCUT2D eigenvalue weighted by Gasteiger charge is -2.10. The molecule has 0 fully saturated rings. The molecule has 0 saturated carbocycles. The molecule has 1 aromatic carbocycles. The number of benzene rings is 1. The van der Waals surface area contributed by atoms with E-state index < -0.39 is 0 Å². The van der Waals surface area contributed by atoms with Crippen molar-refractivity contribution in [3.05, 3.63) is 52.8 Å². The molecule has 0 bridgehead atoms. The van der Waals surface area contributed by atoms with E-state index in [0.717, 1.165) is 28.5 Å². The first-order valence-corrected chi connectivity index (χ1v) is 10.2. The van der Waals surface area contributed by atoms with Crippen molar-refractivity contribution < 1.29 is 9.59 Å². The molecule has 144 valence electrons. The number of carbonyl (C=O) groups is 2. The number of aromatic nitrogens is 2. The maximum absolute atomic E-state index is 12.0. The molecular formula is C20H26N4O2S. The van der Waals surface area contributed by atoms with Gasteiger partial charge in [0.05, 0.1) is 6.54 Å². The third kappa shape index (κ3) is 7.02. The molecular weight excluding hydrogens is 360 g/mol. The largest absolute Gasteiger partial charge is 0.354 e. The van der Waals surface area contributed by atoms with Gasteiger partial charge in [-0.3, -0.25) is 9.59 Å². The fraction of sp³-hybridized carbons (Fsp3) is 0.400. The Balaban J connectivity index is 1.69. The Labute approximate surface area is 164 Å². The summed E-state index contributed by atoms with van der Waals surface area (Å²) < 4.78 is 0.